The van der Waals surface area contributed by atoms with Crippen molar-refractivity contribution in [3.05, 3.63) is 102 Å². The standard InChI is InChI=1S/C33H23N3O3/c1-39-21-14-10-18(11-15-21)17-34-32(37)28-26-22-6-2-4-8-24(22)35-19-12-13-20(16-19)36-25-9-5-3-7-23(25)27(29(28)33(34)38)31(36)30(26)35/h2-15,19-20H,16-17H2,1H3. The Labute approximate surface area is 223 Å². The molecular weight excluding hydrogens is 486 g/mol. The molecule has 0 fully saturated rings. The molecule has 4 heterocycles. The summed E-state index contributed by atoms with van der Waals surface area (Å²) in [6.45, 7) is 0.212. The van der Waals surface area contributed by atoms with Gasteiger partial charge < -0.3 is 13.9 Å². The van der Waals surface area contributed by atoms with Crippen LogP contribution in [0.3, 0.4) is 0 Å². The molecule has 3 aliphatic rings. The maximum atomic E-state index is 14.3. The van der Waals surface area contributed by atoms with E-state index >= 15 is 0 Å². The molecule has 2 atom stereocenters. The largest absolute Gasteiger partial charge is 0.497 e. The molecule has 2 unspecified atom stereocenters. The molecule has 9 rings (SSSR count). The quantitative estimate of drug-likeness (QED) is 0.196. The van der Waals surface area contributed by atoms with Gasteiger partial charge in [-0.05, 0) is 36.2 Å². The van der Waals surface area contributed by atoms with E-state index in [0.29, 0.717) is 11.1 Å². The van der Waals surface area contributed by atoms with Gasteiger partial charge in [0, 0.05) is 32.6 Å². The number of nitrogens with zero attached hydrogens (tertiary/aromatic N) is 3. The first kappa shape index (κ1) is 21.1. The third-order valence-corrected chi connectivity index (χ3v) is 8.92. The minimum Gasteiger partial charge on any atom is -0.497 e. The molecule has 6 aromatic rings. The third kappa shape index (κ3) is 2.47. The maximum Gasteiger partial charge on any atom is 0.262 e. The van der Waals surface area contributed by atoms with Crippen molar-refractivity contribution >= 4 is 55.4 Å². The van der Waals surface area contributed by atoms with Crippen LogP contribution in [0, 0.1) is 0 Å². The molecule has 188 valence electrons. The number of methoxy groups -OCH3 is 1. The summed E-state index contributed by atoms with van der Waals surface area (Å²) < 4.78 is 10.1. The molecule has 0 radical (unpaired) electrons. The number of carbonyl (C=O) groups excluding carboxylic acids is 2. The highest BCUT2D eigenvalue weighted by atomic mass is 16.5. The van der Waals surface area contributed by atoms with Gasteiger partial charge in [-0.1, -0.05) is 60.7 Å². The van der Waals surface area contributed by atoms with E-state index in [9.17, 15) is 9.59 Å². The first-order chi connectivity index (χ1) is 19.2. The summed E-state index contributed by atoms with van der Waals surface area (Å²) in [6.07, 6.45) is 5.55. The smallest absolute Gasteiger partial charge is 0.262 e. The fraction of sp³-hybridized carbons (Fsp3) is 0.152. The molecule has 2 aromatic heterocycles. The topological polar surface area (TPSA) is 56.5 Å². The van der Waals surface area contributed by atoms with Crippen LogP contribution in [0.25, 0.3) is 43.6 Å². The second kappa shape index (κ2) is 7.17. The molecule has 4 aromatic carbocycles. The molecule has 0 N–H and O–H groups in total. The Kier molecular flexibility index (Phi) is 3.89. The molecule has 6 heteroatoms. The molecule has 0 spiro atoms. The Morgan fingerprint density at radius 3 is 1.74 bits per heavy atom. The molecule has 0 saturated carbocycles. The van der Waals surface area contributed by atoms with E-state index in [-0.39, 0.29) is 30.4 Å². The van der Waals surface area contributed by atoms with Crippen molar-refractivity contribution in [2.75, 3.05) is 7.11 Å². The third-order valence-electron chi connectivity index (χ3n) is 8.92. The first-order valence-electron chi connectivity index (χ1n) is 13.3. The van der Waals surface area contributed by atoms with Gasteiger partial charge in [0.2, 0.25) is 0 Å². The number of hydrogen-bond acceptors (Lipinski definition) is 3. The van der Waals surface area contributed by atoms with Crippen molar-refractivity contribution in [2.24, 2.45) is 0 Å². The molecule has 6 nitrogen and oxygen atoms in total. The predicted octanol–water partition coefficient (Wildman–Crippen LogP) is 6.76. The molecule has 2 bridgehead atoms. The van der Waals surface area contributed by atoms with Crippen LogP contribution in [0.5, 0.6) is 5.75 Å². The number of allylic oxidation sites excluding steroid dienone is 2. The van der Waals surface area contributed by atoms with E-state index in [1.807, 2.05) is 36.4 Å². The van der Waals surface area contributed by atoms with Crippen molar-refractivity contribution in [3.63, 3.8) is 0 Å². The van der Waals surface area contributed by atoms with E-state index in [0.717, 1.165) is 61.3 Å². The predicted molar refractivity (Wildman–Crippen MR) is 151 cm³/mol. The lowest BCUT2D eigenvalue weighted by Gasteiger charge is -2.14. The number of carbonyl (C=O) groups is 2. The van der Waals surface area contributed by atoms with Crippen molar-refractivity contribution in [1.82, 2.24) is 14.0 Å². The fourth-order valence-corrected chi connectivity index (χ4v) is 7.33. The van der Waals surface area contributed by atoms with Crippen molar-refractivity contribution < 1.29 is 14.3 Å². The first-order valence-corrected chi connectivity index (χ1v) is 13.3. The van der Waals surface area contributed by atoms with Crippen LogP contribution in [0.1, 0.15) is 44.8 Å². The number of fused-ring (bicyclic) bond motifs is 13. The SMILES string of the molecule is COc1ccc(CN2C(=O)c3c(c4c5ccccc5n5c4c4c3c3ccccc3n4C3C=CC5C3)C2=O)cc1. The maximum absolute atomic E-state index is 14.3. The fourth-order valence-electron chi connectivity index (χ4n) is 7.33. The number of aromatic nitrogens is 2. The summed E-state index contributed by atoms with van der Waals surface area (Å²) in [7, 11) is 1.62. The van der Waals surface area contributed by atoms with Crippen molar-refractivity contribution in [2.45, 2.75) is 25.0 Å². The van der Waals surface area contributed by atoms with Crippen molar-refractivity contribution in [1.29, 1.82) is 0 Å². The molecule has 39 heavy (non-hydrogen) atoms. The lowest BCUT2D eigenvalue weighted by atomic mass is 9.96. The Morgan fingerprint density at radius 2 is 1.23 bits per heavy atom. The second-order valence-corrected chi connectivity index (χ2v) is 10.8. The molecule has 2 amide bonds. The van der Waals surface area contributed by atoms with Gasteiger partial charge in [-0.25, -0.2) is 0 Å². The Bertz CT molecular complexity index is 1990. The van der Waals surface area contributed by atoms with Gasteiger partial charge in [0.05, 0.1) is 47.9 Å². The average molecular weight is 510 g/mol. The molecule has 1 aliphatic carbocycles. The van der Waals surface area contributed by atoms with Crippen LogP contribution < -0.4 is 4.74 Å². The minimum atomic E-state index is -0.225. The highest BCUT2D eigenvalue weighted by Gasteiger charge is 2.44. The lowest BCUT2D eigenvalue weighted by molar-refractivity contribution is 0.0643. The van der Waals surface area contributed by atoms with Gasteiger partial charge in [0.15, 0.2) is 0 Å². The number of benzene rings is 4. The van der Waals surface area contributed by atoms with Crippen LogP contribution >= 0.6 is 0 Å². The molecule has 0 saturated heterocycles. The van der Waals surface area contributed by atoms with Gasteiger partial charge in [-0.2, -0.15) is 0 Å². The van der Waals surface area contributed by atoms with E-state index in [1.165, 1.54) is 4.90 Å². The van der Waals surface area contributed by atoms with Crippen molar-refractivity contribution in [3.8, 4) is 5.75 Å². The number of imide groups is 1. The highest BCUT2D eigenvalue weighted by Crippen LogP contribution is 2.52. The summed E-state index contributed by atoms with van der Waals surface area (Å²) >= 11 is 0. The average Bonchev–Trinajstić information content (AvgIpc) is 3.68. The highest BCUT2D eigenvalue weighted by molar-refractivity contribution is 6.39. The Hall–Kier alpha value is -4.84. The summed E-state index contributed by atoms with van der Waals surface area (Å²) in [5.74, 6) is 0.289. The normalized spacial score (nSPS) is 19.4. The zero-order valence-corrected chi connectivity index (χ0v) is 21.2. The summed E-state index contributed by atoms with van der Waals surface area (Å²) in [5.41, 5.74) is 6.28. The van der Waals surface area contributed by atoms with Crippen LogP contribution in [0.4, 0.5) is 0 Å². The summed E-state index contributed by atoms with van der Waals surface area (Å²) in [5, 5.41) is 3.84. The van der Waals surface area contributed by atoms with E-state index < -0.39 is 0 Å². The van der Waals surface area contributed by atoms with Crippen LogP contribution in [0.15, 0.2) is 84.9 Å². The van der Waals surface area contributed by atoms with Crippen LogP contribution in [-0.2, 0) is 6.54 Å². The van der Waals surface area contributed by atoms with Gasteiger partial charge in [-0.15, -0.1) is 0 Å². The van der Waals surface area contributed by atoms with Crippen LogP contribution in [-0.4, -0.2) is 33.0 Å². The number of ether oxygens (including phenoxy) is 1. The van der Waals surface area contributed by atoms with Gasteiger partial charge in [0.1, 0.15) is 5.75 Å². The Balaban J connectivity index is 1.43. The van der Waals surface area contributed by atoms with Gasteiger partial charge >= 0.3 is 0 Å². The van der Waals surface area contributed by atoms with E-state index in [4.69, 9.17) is 4.74 Å². The van der Waals surface area contributed by atoms with Crippen LogP contribution in [0.2, 0.25) is 0 Å². The second-order valence-electron chi connectivity index (χ2n) is 10.8. The van der Waals surface area contributed by atoms with Gasteiger partial charge in [-0.3, -0.25) is 14.5 Å². The number of amides is 2. The van der Waals surface area contributed by atoms with E-state index in [2.05, 4.69) is 57.7 Å². The minimum absolute atomic E-state index is 0.194. The van der Waals surface area contributed by atoms with Gasteiger partial charge in [0.25, 0.3) is 11.8 Å². The van der Waals surface area contributed by atoms with E-state index in [1.54, 1.807) is 7.11 Å². The monoisotopic (exact) mass is 509 g/mol. The summed E-state index contributed by atoms with van der Waals surface area (Å²) in [6, 6.07) is 24.6. The molecular formula is C33H23N3O3. The Morgan fingerprint density at radius 1 is 0.718 bits per heavy atom. The lowest BCUT2D eigenvalue weighted by Crippen LogP contribution is -2.29. The number of para-hydroxylation sites is 2. The number of hydrogen-bond donors (Lipinski definition) is 0. The zero-order chi connectivity index (χ0) is 26.0. The number of rotatable bonds is 3. The molecule has 2 aliphatic heterocycles. The summed E-state index contributed by atoms with van der Waals surface area (Å²) in [4.78, 5) is 30.0. The zero-order valence-electron chi connectivity index (χ0n) is 21.2.